The lowest BCUT2D eigenvalue weighted by Gasteiger charge is -2.25. The molecule has 1 saturated carbocycles. The van der Waals surface area contributed by atoms with Crippen molar-refractivity contribution in [2.45, 2.75) is 35.8 Å². The van der Waals surface area contributed by atoms with Gasteiger partial charge in [0.2, 0.25) is 0 Å². The first kappa shape index (κ1) is 12.9. The van der Waals surface area contributed by atoms with Gasteiger partial charge in [0.15, 0.2) is 0 Å². The molecule has 18 heavy (non-hydrogen) atoms. The summed E-state index contributed by atoms with van der Waals surface area (Å²) in [7, 11) is 0. The quantitative estimate of drug-likeness (QED) is 0.614. The second-order valence-electron chi connectivity index (χ2n) is 4.40. The van der Waals surface area contributed by atoms with E-state index >= 15 is 0 Å². The Kier molecular flexibility index (Phi) is 4.21. The number of nitrogens with zero attached hydrogens (tertiary/aromatic N) is 2. The minimum absolute atomic E-state index is 0.0172. The molecule has 0 amide bonds. The fraction of sp³-hybridized carbons (Fsp3) is 0.462. The van der Waals surface area contributed by atoms with Crippen molar-refractivity contribution in [2.24, 2.45) is 5.92 Å². The highest BCUT2D eigenvalue weighted by molar-refractivity contribution is 8.00. The van der Waals surface area contributed by atoms with Crippen molar-refractivity contribution < 1.29 is 4.92 Å². The molecule has 2 unspecified atom stereocenters. The summed E-state index contributed by atoms with van der Waals surface area (Å²) < 4.78 is 0. The Hall–Kier alpha value is -1.54. The van der Waals surface area contributed by atoms with Crippen molar-refractivity contribution >= 4 is 17.4 Å². The van der Waals surface area contributed by atoms with Gasteiger partial charge >= 0.3 is 0 Å². The number of rotatable bonds is 3. The molecule has 1 aromatic rings. The molecule has 0 spiro atoms. The highest BCUT2D eigenvalue weighted by Crippen LogP contribution is 2.40. The first-order valence-corrected chi connectivity index (χ1v) is 6.90. The maximum absolute atomic E-state index is 10.9. The number of benzene rings is 1. The van der Waals surface area contributed by atoms with Crippen LogP contribution in [0.1, 0.15) is 25.7 Å². The molecule has 1 aromatic carbocycles. The number of nitro groups is 1. The van der Waals surface area contributed by atoms with E-state index < -0.39 is 0 Å². The minimum Gasteiger partial charge on any atom is -0.258 e. The third kappa shape index (κ3) is 2.82. The van der Waals surface area contributed by atoms with Gasteiger partial charge in [-0.1, -0.05) is 25.0 Å². The van der Waals surface area contributed by atoms with E-state index in [1.807, 2.05) is 0 Å². The van der Waals surface area contributed by atoms with Gasteiger partial charge in [0.05, 0.1) is 21.8 Å². The average Bonchev–Trinajstić information content (AvgIpc) is 2.40. The van der Waals surface area contributed by atoms with Crippen LogP contribution in [0.25, 0.3) is 0 Å². The smallest absolute Gasteiger partial charge is 0.258 e. The number of nitro benzene ring substituents is 1. The first-order chi connectivity index (χ1) is 8.72. The molecular formula is C13H14N2O2S. The standard InChI is InChI=1S/C13H14N2O2S/c14-9-10-5-1-3-7-12(10)18-13-8-4-2-6-11(13)15(16)17/h2,4,6,8,10,12H,1,3,5,7H2. The molecule has 0 radical (unpaired) electrons. The zero-order chi connectivity index (χ0) is 13.0. The van der Waals surface area contributed by atoms with Crippen LogP contribution in [0.5, 0.6) is 0 Å². The van der Waals surface area contributed by atoms with E-state index in [1.54, 1.807) is 18.2 Å². The summed E-state index contributed by atoms with van der Waals surface area (Å²) in [6, 6.07) is 9.10. The van der Waals surface area contributed by atoms with Crippen LogP contribution in [0, 0.1) is 27.4 Å². The van der Waals surface area contributed by atoms with Crippen LogP contribution in [-0.4, -0.2) is 10.2 Å². The lowest BCUT2D eigenvalue weighted by atomic mass is 9.90. The highest BCUT2D eigenvalue weighted by atomic mass is 32.2. The van der Waals surface area contributed by atoms with Crippen LogP contribution in [0.2, 0.25) is 0 Å². The Labute approximate surface area is 110 Å². The molecule has 0 heterocycles. The van der Waals surface area contributed by atoms with E-state index in [1.165, 1.54) is 17.8 Å². The van der Waals surface area contributed by atoms with Crippen molar-refractivity contribution in [3.8, 4) is 6.07 Å². The Bertz CT molecular complexity index is 484. The molecule has 94 valence electrons. The SMILES string of the molecule is N#CC1CCCCC1Sc1ccccc1[N+](=O)[O-]. The van der Waals surface area contributed by atoms with E-state index in [-0.39, 0.29) is 21.8 Å². The van der Waals surface area contributed by atoms with Gasteiger partial charge in [-0.3, -0.25) is 10.1 Å². The van der Waals surface area contributed by atoms with Crippen LogP contribution in [0.3, 0.4) is 0 Å². The lowest BCUT2D eigenvalue weighted by Crippen LogP contribution is -2.20. The van der Waals surface area contributed by atoms with Gasteiger partial charge in [-0.25, -0.2) is 0 Å². The van der Waals surface area contributed by atoms with Gasteiger partial charge in [-0.05, 0) is 18.9 Å². The molecule has 4 nitrogen and oxygen atoms in total. The average molecular weight is 262 g/mol. The van der Waals surface area contributed by atoms with Gasteiger partial charge < -0.3 is 0 Å². The summed E-state index contributed by atoms with van der Waals surface area (Å²) in [6.07, 6.45) is 4.08. The summed E-state index contributed by atoms with van der Waals surface area (Å²) >= 11 is 1.49. The minimum atomic E-state index is -0.355. The zero-order valence-corrected chi connectivity index (χ0v) is 10.7. The van der Waals surface area contributed by atoms with Gasteiger partial charge in [-0.2, -0.15) is 5.26 Å². The molecule has 5 heteroatoms. The topological polar surface area (TPSA) is 66.9 Å². The Balaban J connectivity index is 2.18. The third-order valence-corrected chi connectivity index (χ3v) is 4.67. The van der Waals surface area contributed by atoms with Crippen molar-refractivity contribution in [1.82, 2.24) is 0 Å². The predicted molar refractivity (Wildman–Crippen MR) is 70.3 cm³/mol. The van der Waals surface area contributed by atoms with Crippen molar-refractivity contribution in [2.75, 3.05) is 0 Å². The van der Waals surface area contributed by atoms with Crippen molar-refractivity contribution in [3.05, 3.63) is 34.4 Å². The molecule has 0 bridgehead atoms. The normalized spacial score (nSPS) is 23.3. The van der Waals surface area contributed by atoms with Crippen LogP contribution >= 0.6 is 11.8 Å². The maximum atomic E-state index is 10.9. The fourth-order valence-corrected chi connectivity index (χ4v) is 3.65. The molecule has 0 saturated heterocycles. The second kappa shape index (κ2) is 5.87. The van der Waals surface area contributed by atoms with Crippen molar-refractivity contribution in [3.63, 3.8) is 0 Å². The maximum Gasteiger partial charge on any atom is 0.282 e. The summed E-state index contributed by atoms with van der Waals surface area (Å²) in [6.45, 7) is 0. The summed E-state index contributed by atoms with van der Waals surface area (Å²) in [4.78, 5) is 11.3. The second-order valence-corrected chi connectivity index (χ2v) is 5.68. The van der Waals surface area contributed by atoms with Crippen LogP contribution in [-0.2, 0) is 0 Å². The Morgan fingerprint density at radius 2 is 2.06 bits per heavy atom. The lowest BCUT2D eigenvalue weighted by molar-refractivity contribution is -0.387. The molecular weight excluding hydrogens is 248 g/mol. The van der Waals surface area contributed by atoms with E-state index in [0.29, 0.717) is 4.90 Å². The summed E-state index contributed by atoms with van der Waals surface area (Å²) in [5, 5.41) is 20.2. The summed E-state index contributed by atoms with van der Waals surface area (Å²) in [5.74, 6) is 0.0172. The van der Waals surface area contributed by atoms with Gasteiger partial charge in [0, 0.05) is 11.3 Å². The molecule has 0 aliphatic heterocycles. The summed E-state index contributed by atoms with van der Waals surface area (Å²) in [5.41, 5.74) is 0.143. The number of hydrogen-bond acceptors (Lipinski definition) is 4. The molecule has 1 fully saturated rings. The Morgan fingerprint density at radius 3 is 2.78 bits per heavy atom. The van der Waals surface area contributed by atoms with Gasteiger partial charge in [0.25, 0.3) is 5.69 Å². The van der Waals surface area contributed by atoms with Gasteiger partial charge in [-0.15, -0.1) is 11.8 Å². The van der Waals surface area contributed by atoms with Crippen LogP contribution in [0.15, 0.2) is 29.2 Å². The highest BCUT2D eigenvalue weighted by Gasteiger charge is 2.27. The first-order valence-electron chi connectivity index (χ1n) is 6.02. The van der Waals surface area contributed by atoms with E-state index in [9.17, 15) is 10.1 Å². The van der Waals surface area contributed by atoms with Crippen LogP contribution < -0.4 is 0 Å². The van der Waals surface area contributed by atoms with Crippen molar-refractivity contribution in [1.29, 1.82) is 5.26 Å². The number of thioether (sulfide) groups is 1. The largest absolute Gasteiger partial charge is 0.282 e. The molecule has 0 N–H and O–H groups in total. The Morgan fingerprint density at radius 1 is 1.33 bits per heavy atom. The molecule has 0 aromatic heterocycles. The molecule has 1 aliphatic rings. The number of nitriles is 1. The van der Waals surface area contributed by atoms with E-state index in [4.69, 9.17) is 5.26 Å². The predicted octanol–water partition coefficient (Wildman–Crippen LogP) is 3.77. The monoisotopic (exact) mass is 262 g/mol. The van der Waals surface area contributed by atoms with E-state index in [0.717, 1.165) is 25.7 Å². The fourth-order valence-electron chi connectivity index (χ4n) is 2.26. The zero-order valence-electron chi connectivity index (χ0n) is 9.91. The van der Waals surface area contributed by atoms with Gasteiger partial charge in [0.1, 0.15) is 0 Å². The molecule has 2 rings (SSSR count). The number of hydrogen-bond donors (Lipinski definition) is 0. The molecule has 1 aliphatic carbocycles. The van der Waals surface area contributed by atoms with Crippen LogP contribution in [0.4, 0.5) is 5.69 Å². The number of para-hydroxylation sites is 1. The van der Waals surface area contributed by atoms with E-state index in [2.05, 4.69) is 6.07 Å². The molecule has 2 atom stereocenters. The third-order valence-electron chi connectivity index (χ3n) is 3.21.